The normalized spacial score (nSPS) is 25.6. The van der Waals surface area contributed by atoms with E-state index in [0.29, 0.717) is 30.9 Å². The lowest BCUT2D eigenvalue weighted by molar-refractivity contribution is 0.161. The van der Waals surface area contributed by atoms with E-state index in [-0.39, 0.29) is 0 Å². The van der Waals surface area contributed by atoms with Crippen LogP contribution in [-0.2, 0) is 0 Å². The van der Waals surface area contributed by atoms with Gasteiger partial charge in [-0.25, -0.2) is 4.99 Å². The minimum absolute atomic E-state index is 0.315. The van der Waals surface area contributed by atoms with Crippen LogP contribution in [-0.4, -0.2) is 30.8 Å². The van der Waals surface area contributed by atoms with Crippen LogP contribution in [0.25, 0.3) is 0 Å². The van der Waals surface area contributed by atoms with Crippen LogP contribution in [0.2, 0.25) is 0 Å². The molecule has 0 spiro atoms. The highest BCUT2D eigenvalue weighted by molar-refractivity contribution is 5.77. The molecule has 4 heteroatoms. The van der Waals surface area contributed by atoms with E-state index in [0.717, 1.165) is 25.0 Å². The smallest absolute Gasteiger partial charge is 0.188 e. The minimum Gasteiger partial charge on any atom is -0.396 e. The standard InChI is InChI=1S/C13H25N3O/c1-10(2)7-15-13(14)16-8-11-4-3-5-12(6-11)9-17/h11-12,17H,1,3-9H2,2H3,(H3,14,15,16)/t11-,12+/m0/s1. The number of aliphatic hydroxyl groups excluding tert-OH is 1. The van der Waals surface area contributed by atoms with Crippen LogP contribution in [0.5, 0.6) is 0 Å². The van der Waals surface area contributed by atoms with Crippen LogP contribution in [0.4, 0.5) is 0 Å². The van der Waals surface area contributed by atoms with Gasteiger partial charge >= 0.3 is 0 Å². The predicted octanol–water partition coefficient (Wildman–Crippen LogP) is 1.27. The van der Waals surface area contributed by atoms with Gasteiger partial charge in [0.25, 0.3) is 0 Å². The van der Waals surface area contributed by atoms with Crippen LogP contribution in [0.3, 0.4) is 0 Å². The van der Waals surface area contributed by atoms with Gasteiger partial charge in [0, 0.05) is 13.2 Å². The van der Waals surface area contributed by atoms with Crippen molar-refractivity contribution < 1.29 is 5.11 Å². The summed E-state index contributed by atoms with van der Waals surface area (Å²) in [6, 6.07) is 0. The summed E-state index contributed by atoms with van der Waals surface area (Å²) >= 11 is 0. The first-order chi connectivity index (χ1) is 8.11. The number of aliphatic imine (C=N–C) groups is 1. The third-order valence-electron chi connectivity index (χ3n) is 3.24. The molecule has 0 aromatic rings. The summed E-state index contributed by atoms with van der Waals surface area (Å²) in [5.41, 5.74) is 6.76. The molecule has 2 atom stereocenters. The van der Waals surface area contributed by atoms with Gasteiger partial charge in [0.05, 0.1) is 6.54 Å². The van der Waals surface area contributed by atoms with E-state index in [1.165, 1.54) is 12.8 Å². The molecule has 0 unspecified atom stereocenters. The number of rotatable bonds is 5. The second-order valence-electron chi connectivity index (χ2n) is 5.12. The lowest BCUT2D eigenvalue weighted by Crippen LogP contribution is -2.37. The molecule has 0 bridgehead atoms. The van der Waals surface area contributed by atoms with E-state index in [2.05, 4.69) is 16.9 Å². The fourth-order valence-electron chi connectivity index (χ4n) is 2.28. The summed E-state index contributed by atoms with van der Waals surface area (Å²) in [6.07, 6.45) is 4.68. The molecule has 0 aromatic heterocycles. The van der Waals surface area contributed by atoms with Crippen molar-refractivity contribution in [2.24, 2.45) is 22.6 Å². The van der Waals surface area contributed by atoms with Crippen LogP contribution in [0, 0.1) is 11.8 Å². The molecular weight excluding hydrogens is 214 g/mol. The maximum absolute atomic E-state index is 9.15. The van der Waals surface area contributed by atoms with Gasteiger partial charge in [0.15, 0.2) is 5.96 Å². The summed E-state index contributed by atoms with van der Waals surface area (Å²) in [4.78, 5) is 4.18. The van der Waals surface area contributed by atoms with E-state index in [1.54, 1.807) is 0 Å². The van der Waals surface area contributed by atoms with Crippen LogP contribution in [0.1, 0.15) is 32.6 Å². The molecular formula is C13H25N3O. The Morgan fingerprint density at radius 1 is 1.47 bits per heavy atom. The summed E-state index contributed by atoms with van der Waals surface area (Å²) in [7, 11) is 0. The van der Waals surface area contributed by atoms with Crippen molar-refractivity contribution in [2.45, 2.75) is 32.6 Å². The third-order valence-corrected chi connectivity index (χ3v) is 3.24. The zero-order chi connectivity index (χ0) is 12.7. The molecule has 1 fully saturated rings. The Labute approximate surface area is 104 Å². The first-order valence-corrected chi connectivity index (χ1v) is 6.40. The van der Waals surface area contributed by atoms with E-state index in [1.807, 2.05) is 6.92 Å². The molecule has 1 rings (SSSR count). The van der Waals surface area contributed by atoms with Crippen molar-refractivity contribution in [1.82, 2.24) is 5.32 Å². The van der Waals surface area contributed by atoms with Crippen molar-refractivity contribution in [1.29, 1.82) is 0 Å². The van der Waals surface area contributed by atoms with Crippen molar-refractivity contribution >= 4 is 5.96 Å². The van der Waals surface area contributed by atoms with E-state index < -0.39 is 0 Å². The zero-order valence-electron chi connectivity index (χ0n) is 10.8. The molecule has 1 aliphatic rings. The summed E-state index contributed by atoms with van der Waals surface area (Å²) < 4.78 is 0. The minimum atomic E-state index is 0.315. The second kappa shape index (κ2) is 7.33. The van der Waals surface area contributed by atoms with E-state index in [9.17, 15) is 0 Å². The Hall–Kier alpha value is -1.03. The van der Waals surface area contributed by atoms with Gasteiger partial charge in [-0.1, -0.05) is 18.6 Å². The molecule has 1 aliphatic carbocycles. The fraction of sp³-hybridized carbons (Fsp3) is 0.769. The summed E-state index contributed by atoms with van der Waals surface area (Å²) in [5, 5.41) is 12.3. The largest absolute Gasteiger partial charge is 0.396 e. The van der Waals surface area contributed by atoms with Crippen LogP contribution in [0.15, 0.2) is 17.1 Å². The van der Waals surface area contributed by atoms with Gasteiger partial charge < -0.3 is 16.2 Å². The molecule has 4 nitrogen and oxygen atoms in total. The molecule has 98 valence electrons. The van der Waals surface area contributed by atoms with Crippen molar-refractivity contribution in [2.75, 3.05) is 19.7 Å². The first-order valence-electron chi connectivity index (χ1n) is 6.40. The van der Waals surface area contributed by atoms with Crippen molar-refractivity contribution in [3.05, 3.63) is 12.2 Å². The molecule has 0 heterocycles. The SMILES string of the molecule is C=C(C)CN=C(N)NC[C@H]1CCC[C@@H](CO)C1. The molecule has 17 heavy (non-hydrogen) atoms. The van der Waals surface area contributed by atoms with Gasteiger partial charge in [-0.15, -0.1) is 0 Å². The van der Waals surface area contributed by atoms with Crippen LogP contribution >= 0.6 is 0 Å². The second-order valence-corrected chi connectivity index (χ2v) is 5.12. The van der Waals surface area contributed by atoms with Crippen LogP contribution < -0.4 is 11.1 Å². The van der Waals surface area contributed by atoms with E-state index >= 15 is 0 Å². The quantitative estimate of drug-likeness (QED) is 0.384. The molecule has 0 amide bonds. The fourth-order valence-corrected chi connectivity index (χ4v) is 2.28. The summed E-state index contributed by atoms with van der Waals surface area (Å²) in [5.74, 6) is 1.59. The van der Waals surface area contributed by atoms with Gasteiger partial charge in [0.1, 0.15) is 0 Å². The monoisotopic (exact) mass is 239 g/mol. The Balaban J connectivity index is 2.25. The number of aliphatic hydroxyl groups is 1. The van der Waals surface area contributed by atoms with Gasteiger partial charge in [-0.05, 0) is 38.0 Å². The maximum atomic E-state index is 9.15. The lowest BCUT2D eigenvalue weighted by atomic mass is 9.82. The lowest BCUT2D eigenvalue weighted by Gasteiger charge is -2.28. The molecule has 0 radical (unpaired) electrons. The Kier molecular flexibility index (Phi) is 6.05. The summed E-state index contributed by atoms with van der Waals surface area (Å²) in [6.45, 7) is 7.48. The average Bonchev–Trinajstić information content (AvgIpc) is 2.34. The zero-order valence-corrected chi connectivity index (χ0v) is 10.8. The Morgan fingerprint density at radius 3 is 2.82 bits per heavy atom. The van der Waals surface area contributed by atoms with Gasteiger partial charge in [-0.2, -0.15) is 0 Å². The number of guanidine groups is 1. The molecule has 1 saturated carbocycles. The highest BCUT2D eigenvalue weighted by Gasteiger charge is 2.21. The number of hydrogen-bond acceptors (Lipinski definition) is 2. The van der Waals surface area contributed by atoms with Gasteiger partial charge in [0.2, 0.25) is 0 Å². The predicted molar refractivity (Wildman–Crippen MR) is 71.8 cm³/mol. The highest BCUT2D eigenvalue weighted by Crippen LogP contribution is 2.27. The highest BCUT2D eigenvalue weighted by atomic mass is 16.3. The third kappa shape index (κ3) is 5.73. The molecule has 0 aromatic carbocycles. The molecule has 4 N–H and O–H groups in total. The number of nitrogens with zero attached hydrogens (tertiary/aromatic N) is 1. The van der Waals surface area contributed by atoms with Crippen molar-refractivity contribution in [3.63, 3.8) is 0 Å². The average molecular weight is 239 g/mol. The van der Waals surface area contributed by atoms with Gasteiger partial charge in [-0.3, -0.25) is 0 Å². The topological polar surface area (TPSA) is 70.6 Å². The Morgan fingerprint density at radius 2 is 2.18 bits per heavy atom. The number of hydrogen-bond donors (Lipinski definition) is 3. The molecule has 0 aliphatic heterocycles. The number of nitrogens with two attached hydrogens (primary N) is 1. The van der Waals surface area contributed by atoms with E-state index in [4.69, 9.17) is 10.8 Å². The maximum Gasteiger partial charge on any atom is 0.188 e. The Bertz CT molecular complexity index is 276. The first kappa shape index (κ1) is 14.0. The molecule has 0 saturated heterocycles. The number of nitrogens with one attached hydrogen (secondary N) is 1. The van der Waals surface area contributed by atoms with Crippen molar-refractivity contribution in [3.8, 4) is 0 Å².